The van der Waals surface area contributed by atoms with Crippen molar-refractivity contribution in [3.05, 3.63) is 24.3 Å². The molecule has 0 aliphatic carbocycles. The van der Waals surface area contributed by atoms with Crippen LogP contribution in [-0.4, -0.2) is 15.2 Å². The van der Waals surface area contributed by atoms with E-state index >= 15 is 0 Å². The first-order chi connectivity index (χ1) is 6.79. The zero-order chi connectivity index (χ0) is 9.97. The molecular formula is C9H8N2O2S. The van der Waals surface area contributed by atoms with Crippen LogP contribution in [0.4, 0.5) is 0 Å². The lowest BCUT2D eigenvalue weighted by Gasteiger charge is -1.89. The van der Waals surface area contributed by atoms with E-state index < -0.39 is 0 Å². The van der Waals surface area contributed by atoms with Crippen LogP contribution in [0.1, 0.15) is 6.92 Å². The first-order valence-electron chi connectivity index (χ1n) is 4.01. The van der Waals surface area contributed by atoms with Crippen molar-refractivity contribution in [1.29, 1.82) is 0 Å². The maximum atomic E-state index is 8.47. The monoisotopic (exact) mass is 208 g/mol. The Balaban J connectivity index is 2.36. The van der Waals surface area contributed by atoms with Gasteiger partial charge in [0.25, 0.3) is 5.22 Å². The molecule has 72 valence electrons. The summed E-state index contributed by atoms with van der Waals surface area (Å²) in [5.74, 6) is 0. The summed E-state index contributed by atoms with van der Waals surface area (Å²) in [6.07, 6.45) is 0. The van der Waals surface area contributed by atoms with E-state index in [2.05, 4.69) is 10.1 Å². The molecule has 2 rings (SSSR count). The van der Waals surface area contributed by atoms with Crippen molar-refractivity contribution in [1.82, 2.24) is 4.98 Å². The number of fused-ring (bicyclic) bond motifs is 1. The smallest absolute Gasteiger partial charge is 0.262 e. The Bertz CT molecular complexity index is 445. The Morgan fingerprint density at radius 1 is 1.50 bits per heavy atom. The highest BCUT2D eigenvalue weighted by Crippen LogP contribution is 2.23. The number of hydrogen-bond donors (Lipinski definition) is 1. The number of aromatic nitrogens is 1. The Morgan fingerprint density at radius 3 is 3.00 bits per heavy atom. The van der Waals surface area contributed by atoms with Crippen LogP contribution in [0.2, 0.25) is 0 Å². The second-order valence-corrected chi connectivity index (χ2v) is 3.81. The highest BCUT2D eigenvalue weighted by molar-refractivity contribution is 8.13. The number of para-hydroxylation sites is 2. The maximum Gasteiger partial charge on any atom is 0.262 e. The van der Waals surface area contributed by atoms with Crippen LogP contribution in [-0.2, 0) is 0 Å². The van der Waals surface area contributed by atoms with Gasteiger partial charge < -0.3 is 9.62 Å². The molecule has 0 radical (unpaired) electrons. The van der Waals surface area contributed by atoms with Crippen molar-refractivity contribution in [2.45, 2.75) is 12.1 Å². The van der Waals surface area contributed by atoms with Crippen molar-refractivity contribution in [2.24, 2.45) is 5.16 Å². The fraction of sp³-hybridized carbons (Fsp3) is 0.111. The number of nitrogens with zero attached hydrogens (tertiary/aromatic N) is 2. The molecule has 1 N–H and O–H groups in total. The summed E-state index contributed by atoms with van der Waals surface area (Å²) in [5.41, 5.74) is 1.54. The van der Waals surface area contributed by atoms with Crippen molar-refractivity contribution >= 4 is 27.9 Å². The van der Waals surface area contributed by atoms with Crippen molar-refractivity contribution in [2.75, 3.05) is 0 Å². The Morgan fingerprint density at radius 2 is 2.29 bits per heavy atom. The molecule has 0 spiro atoms. The largest absolute Gasteiger partial charge is 0.431 e. The minimum atomic E-state index is 0.488. The fourth-order valence-corrected chi connectivity index (χ4v) is 1.61. The SMILES string of the molecule is CC(=NO)Sc1nc2ccccc2o1. The van der Waals surface area contributed by atoms with E-state index in [-0.39, 0.29) is 0 Å². The van der Waals surface area contributed by atoms with Crippen molar-refractivity contribution in [3.8, 4) is 0 Å². The van der Waals surface area contributed by atoms with Crippen LogP contribution in [0, 0.1) is 0 Å². The van der Waals surface area contributed by atoms with Crippen LogP contribution in [0.3, 0.4) is 0 Å². The maximum absolute atomic E-state index is 8.47. The Hall–Kier alpha value is -1.49. The number of rotatable bonds is 1. The van der Waals surface area contributed by atoms with Gasteiger partial charge in [0.15, 0.2) is 5.58 Å². The molecule has 0 amide bonds. The van der Waals surface area contributed by atoms with Crippen molar-refractivity contribution < 1.29 is 9.62 Å². The lowest BCUT2D eigenvalue weighted by molar-refractivity contribution is 0.320. The standard InChI is InChI=1S/C9H8N2O2S/c1-6(11-12)14-9-10-7-4-2-3-5-8(7)13-9/h2-5,12H,1H3. The highest BCUT2D eigenvalue weighted by Gasteiger charge is 2.06. The zero-order valence-electron chi connectivity index (χ0n) is 7.47. The molecule has 0 bridgehead atoms. The highest BCUT2D eigenvalue weighted by atomic mass is 32.2. The van der Waals surface area contributed by atoms with E-state index in [1.165, 1.54) is 11.8 Å². The number of oxazole rings is 1. The summed E-state index contributed by atoms with van der Waals surface area (Å²) < 4.78 is 5.40. The molecule has 0 saturated heterocycles. The van der Waals surface area contributed by atoms with Gasteiger partial charge in [-0.3, -0.25) is 0 Å². The molecule has 14 heavy (non-hydrogen) atoms. The van der Waals surface area contributed by atoms with E-state index in [0.29, 0.717) is 10.3 Å². The summed E-state index contributed by atoms with van der Waals surface area (Å²) in [4.78, 5) is 4.20. The fourth-order valence-electron chi connectivity index (χ4n) is 1.04. The van der Waals surface area contributed by atoms with Crippen LogP contribution in [0.15, 0.2) is 39.1 Å². The molecule has 0 aliphatic rings. The van der Waals surface area contributed by atoms with Gasteiger partial charge in [-0.1, -0.05) is 17.3 Å². The third-order valence-electron chi connectivity index (χ3n) is 1.65. The van der Waals surface area contributed by atoms with Crippen molar-refractivity contribution in [3.63, 3.8) is 0 Å². The molecule has 0 saturated carbocycles. The predicted molar refractivity (Wildman–Crippen MR) is 54.8 cm³/mol. The van der Waals surface area contributed by atoms with Crippen LogP contribution in [0.25, 0.3) is 11.1 Å². The van der Waals surface area contributed by atoms with Gasteiger partial charge >= 0.3 is 0 Å². The van der Waals surface area contributed by atoms with Crippen LogP contribution in [0.5, 0.6) is 0 Å². The molecule has 0 atom stereocenters. The van der Waals surface area contributed by atoms with Crippen LogP contribution < -0.4 is 0 Å². The lowest BCUT2D eigenvalue weighted by Crippen LogP contribution is -1.82. The number of hydrogen-bond acceptors (Lipinski definition) is 5. The summed E-state index contributed by atoms with van der Waals surface area (Å²) in [6.45, 7) is 1.68. The number of oxime groups is 1. The number of thioether (sulfide) groups is 1. The second kappa shape index (κ2) is 3.71. The molecule has 4 nitrogen and oxygen atoms in total. The second-order valence-electron chi connectivity index (χ2n) is 2.67. The molecule has 0 aliphatic heterocycles. The molecule has 2 aromatic rings. The molecule has 0 unspecified atom stereocenters. The topological polar surface area (TPSA) is 58.6 Å². The Labute approximate surface area is 84.6 Å². The first kappa shape index (κ1) is 9.08. The third kappa shape index (κ3) is 1.72. The first-order valence-corrected chi connectivity index (χ1v) is 4.83. The van der Waals surface area contributed by atoms with Gasteiger partial charge in [-0.25, -0.2) is 4.98 Å². The van der Waals surface area contributed by atoms with Gasteiger partial charge in [0.05, 0.1) is 0 Å². The van der Waals surface area contributed by atoms with E-state index in [1.54, 1.807) is 6.92 Å². The summed E-state index contributed by atoms with van der Waals surface area (Å²) in [7, 11) is 0. The summed E-state index contributed by atoms with van der Waals surface area (Å²) in [6, 6.07) is 7.49. The molecule has 5 heteroatoms. The third-order valence-corrected chi connectivity index (χ3v) is 2.38. The molecule has 1 aromatic carbocycles. The quantitative estimate of drug-likeness (QED) is 0.257. The summed E-state index contributed by atoms with van der Waals surface area (Å²) in [5, 5.41) is 12.5. The minimum absolute atomic E-state index is 0.488. The van der Waals surface area contributed by atoms with E-state index in [0.717, 1.165) is 11.1 Å². The molecule has 1 aromatic heterocycles. The normalized spacial score (nSPS) is 12.2. The van der Waals surface area contributed by atoms with Gasteiger partial charge in [0.1, 0.15) is 10.6 Å². The molecule has 0 fully saturated rings. The zero-order valence-corrected chi connectivity index (χ0v) is 8.28. The van der Waals surface area contributed by atoms with Gasteiger partial charge in [-0.15, -0.1) is 0 Å². The Kier molecular flexibility index (Phi) is 2.41. The number of benzene rings is 1. The predicted octanol–water partition coefficient (Wildman–Crippen LogP) is 2.73. The minimum Gasteiger partial charge on any atom is -0.431 e. The van der Waals surface area contributed by atoms with Crippen LogP contribution >= 0.6 is 11.8 Å². The van der Waals surface area contributed by atoms with Gasteiger partial charge in [0, 0.05) is 0 Å². The van der Waals surface area contributed by atoms with E-state index in [4.69, 9.17) is 9.62 Å². The average molecular weight is 208 g/mol. The van der Waals surface area contributed by atoms with E-state index in [9.17, 15) is 0 Å². The van der Waals surface area contributed by atoms with Gasteiger partial charge in [0.2, 0.25) is 0 Å². The van der Waals surface area contributed by atoms with Gasteiger partial charge in [-0.2, -0.15) is 0 Å². The van der Waals surface area contributed by atoms with Gasteiger partial charge in [-0.05, 0) is 30.8 Å². The molecule has 1 heterocycles. The molecular weight excluding hydrogens is 200 g/mol. The van der Waals surface area contributed by atoms with E-state index in [1.807, 2.05) is 24.3 Å². The lowest BCUT2D eigenvalue weighted by atomic mass is 10.3. The average Bonchev–Trinajstić information content (AvgIpc) is 2.59. The summed E-state index contributed by atoms with van der Waals surface area (Å²) >= 11 is 1.19.